The van der Waals surface area contributed by atoms with E-state index < -0.39 is 5.66 Å². The van der Waals surface area contributed by atoms with Crippen molar-refractivity contribution >= 4 is 0 Å². The zero-order valence-electron chi connectivity index (χ0n) is 17.8. The maximum absolute atomic E-state index is 6.27. The molecule has 154 valence electrons. The van der Waals surface area contributed by atoms with E-state index in [2.05, 4.69) is 19.1 Å². The van der Waals surface area contributed by atoms with Gasteiger partial charge in [0.1, 0.15) is 0 Å². The van der Waals surface area contributed by atoms with Crippen LogP contribution in [0, 0.1) is 0 Å². The zero-order chi connectivity index (χ0) is 19.6. The summed E-state index contributed by atoms with van der Waals surface area (Å²) in [5.74, 6) is 0. The van der Waals surface area contributed by atoms with Crippen molar-refractivity contribution in [1.82, 2.24) is 0 Å². The number of hydrogen-bond acceptors (Lipinski definition) is 2. The normalized spacial score (nSPS) is 12.1. The van der Waals surface area contributed by atoms with Crippen LogP contribution in [0.25, 0.3) is 0 Å². The molecule has 1 aromatic carbocycles. The van der Waals surface area contributed by atoms with Gasteiger partial charge in [-0.3, -0.25) is 0 Å². The van der Waals surface area contributed by atoms with Crippen molar-refractivity contribution in [3.05, 3.63) is 48.0 Å². The molecule has 0 atom stereocenters. The van der Waals surface area contributed by atoms with E-state index in [0.717, 1.165) is 18.4 Å². The predicted octanol–water partition coefficient (Wildman–Crippen LogP) is 7.18. The fourth-order valence-corrected chi connectivity index (χ4v) is 3.56. The second-order valence-electron chi connectivity index (χ2n) is 8.09. The van der Waals surface area contributed by atoms with Crippen molar-refractivity contribution in [3.8, 4) is 0 Å². The minimum Gasteiger partial charge on any atom is -0.310 e. The van der Waals surface area contributed by atoms with Gasteiger partial charge in [-0.2, -0.15) is 0 Å². The molecule has 0 spiro atoms. The Balaban J connectivity index is 1.88. The molecule has 2 heteroatoms. The summed E-state index contributed by atoms with van der Waals surface area (Å²) >= 11 is 0. The predicted molar refractivity (Wildman–Crippen MR) is 121 cm³/mol. The Morgan fingerprint density at radius 1 is 0.667 bits per heavy atom. The first-order valence-corrected chi connectivity index (χ1v) is 11.4. The van der Waals surface area contributed by atoms with Crippen molar-refractivity contribution in [3.63, 3.8) is 0 Å². The number of benzene rings is 1. The maximum atomic E-state index is 6.27. The number of allylic oxidation sites excluding steroid dienone is 2. The van der Waals surface area contributed by atoms with E-state index in [-0.39, 0.29) is 0 Å². The Kier molecular flexibility index (Phi) is 14.1. The minimum atomic E-state index is -0.679. The van der Waals surface area contributed by atoms with Crippen LogP contribution in [0.1, 0.15) is 109 Å². The van der Waals surface area contributed by atoms with Gasteiger partial charge in [0, 0.05) is 0 Å². The molecule has 0 saturated heterocycles. The third-order valence-electron chi connectivity index (χ3n) is 5.41. The third kappa shape index (κ3) is 12.8. The first-order valence-electron chi connectivity index (χ1n) is 11.4. The van der Waals surface area contributed by atoms with E-state index in [0.29, 0.717) is 0 Å². The lowest BCUT2D eigenvalue weighted by atomic mass is 9.94. The van der Waals surface area contributed by atoms with Gasteiger partial charge in [0.05, 0.1) is 5.66 Å². The monoisotopic (exact) mass is 372 g/mol. The smallest absolute Gasteiger partial charge is 0.0899 e. The van der Waals surface area contributed by atoms with E-state index in [1.54, 1.807) is 0 Å². The van der Waals surface area contributed by atoms with Gasteiger partial charge in [-0.1, -0.05) is 107 Å². The molecule has 0 saturated carbocycles. The maximum Gasteiger partial charge on any atom is 0.0899 e. The molecule has 27 heavy (non-hydrogen) atoms. The molecule has 2 nitrogen and oxygen atoms in total. The molecule has 4 N–H and O–H groups in total. The fraction of sp³-hybridized carbons (Fsp3) is 0.680. The molecular formula is C25H44N2. The average molecular weight is 373 g/mol. The summed E-state index contributed by atoms with van der Waals surface area (Å²) < 4.78 is 0. The molecule has 0 heterocycles. The Bertz CT molecular complexity index is 464. The van der Waals surface area contributed by atoms with E-state index >= 15 is 0 Å². The van der Waals surface area contributed by atoms with Crippen molar-refractivity contribution in [1.29, 1.82) is 0 Å². The van der Waals surface area contributed by atoms with Gasteiger partial charge in [0.25, 0.3) is 0 Å². The van der Waals surface area contributed by atoms with Crippen molar-refractivity contribution in [2.45, 2.75) is 109 Å². The standard InChI is InChI=1S/C25H44N2/c1-2-3-4-5-6-7-8-9-10-11-12-13-14-15-16-20-23-25(26,27)24-21-18-17-19-22-24/h9-10,17-19,21-22H,2-8,11-16,20,23,26-27H2,1H3/b10-9-. The topological polar surface area (TPSA) is 52.0 Å². The van der Waals surface area contributed by atoms with Gasteiger partial charge in [-0.15, -0.1) is 0 Å². The van der Waals surface area contributed by atoms with Crippen LogP contribution < -0.4 is 11.5 Å². The molecule has 0 unspecified atom stereocenters. The summed E-state index contributed by atoms with van der Waals surface area (Å²) in [6, 6.07) is 10.1. The summed E-state index contributed by atoms with van der Waals surface area (Å²) in [5, 5.41) is 0. The molecule has 0 aromatic heterocycles. The molecule has 0 aliphatic heterocycles. The summed E-state index contributed by atoms with van der Waals surface area (Å²) in [7, 11) is 0. The molecule has 0 aliphatic rings. The van der Waals surface area contributed by atoms with Gasteiger partial charge in [0.15, 0.2) is 0 Å². The average Bonchev–Trinajstić information content (AvgIpc) is 2.68. The number of nitrogens with two attached hydrogens (primary N) is 2. The quantitative estimate of drug-likeness (QED) is 0.173. The molecule has 1 aromatic rings. The highest BCUT2D eigenvalue weighted by Crippen LogP contribution is 2.20. The summed E-state index contributed by atoms with van der Waals surface area (Å²) in [5.41, 5.74) is 12.9. The number of rotatable bonds is 17. The van der Waals surface area contributed by atoms with Gasteiger partial charge < -0.3 is 11.5 Å². The zero-order valence-corrected chi connectivity index (χ0v) is 17.8. The summed E-state index contributed by atoms with van der Waals surface area (Å²) in [4.78, 5) is 0. The molecule has 1 rings (SSSR count). The van der Waals surface area contributed by atoms with Crippen molar-refractivity contribution in [2.75, 3.05) is 0 Å². The number of unbranched alkanes of at least 4 members (excludes halogenated alkanes) is 12. The second kappa shape index (κ2) is 15.9. The van der Waals surface area contributed by atoms with E-state index in [9.17, 15) is 0 Å². The lowest BCUT2D eigenvalue weighted by Crippen LogP contribution is -2.45. The van der Waals surface area contributed by atoms with Crippen LogP contribution in [-0.4, -0.2) is 0 Å². The van der Waals surface area contributed by atoms with Crippen molar-refractivity contribution in [2.24, 2.45) is 11.5 Å². The Hall–Kier alpha value is -1.12. The van der Waals surface area contributed by atoms with E-state index in [1.807, 2.05) is 30.3 Å². The van der Waals surface area contributed by atoms with Gasteiger partial charge >= 0.3 is 0 Å². The Labute approximate surface area is 168 Å². The molecule has 0 amide bonds. The van der Waals surface area contributed by atoms with Crippen LogP contribution in [0.5, 0.6) is 0 Å². The molecule has 0 bridgehead atoms. The van der Waals surface area contributed by atoms with Crippen molar-refractivity contribution < 1.29 is 0 Å². The Morgan fingerprint density at radius 3 is 1.70 bits per heavy atom. The van der Waals surface area contributed by atoms with E-state index in [4.69, 9.17) is 11.5 Å². The van der Waals surface area contributed by atoms with Crippen LogP contribution in [-0.2, 0) is 5.66 Å². The minimum absolute atomic E-state index is 0.679. The van der Waals surface area contributed by atoms with Crippen LogP contribution in [0.4, 0.5) is 0 Å². The first-order chi connectivity index (χ1) is 13.2. The first kappa shape index (κ1) is 23.9. The van der Waals surface area contributed by atoms with Crippen LogP contribution >= 0.6 is 0 Å². The van der Waals surface area contributed by atoms with E-state index in [1.165, 1.54) is 83.5 Å². The van der Waals surface area contributed by atoms with Crippen LogP contribution in [0.2, 0.25) is 0 Å². The van der Waals surface area contributed by atoms with Crippen LogP contribution in [0.3, 0.4) is 0 Å². The lowest BCUT2D eigenvalue weighted by Gasteiger charge is -2.25. The van der Waals surface area contributed by atoms with Gasteiger partial charge in [-0.25, -0.2) is 0 Å². The lowest BCUT2D eigenvalue weighted by molar-refractivity contribution is 0.399. The molecule has 0 fully saturated rings. The second-order valence-corrected chi connectivity index (χ2v) is 8.09. The highest BCUT2D eigenvalue weighted by Gasteiger charge is 2.20. The SMILES string of the molecule is CCCCCCCC/C=C\CCCCCCCCC(N)(N)c1ccccc1. The fourth-order valence-electron chi connectivity index (χ4n) is 3.56. The summed E-state index contributed by atoms with van der Waals surface area (Å²) in [6.45, 7) is 2.28. The Morgan fingerprint density at radius 2 is 1.15 bits per heavy atom. The highest BCUT2D eigenvalue weighted by molar-refractivity contribution is 5.22. The molecular weight excluding hydrogens is 328 g/mol. The summed E-state index contributed by atoms with van der Waals surface area (Å²) in [6.07, 6.45) is 24.2. The highest BCUT2D eigenvalue weighted by atomic mass is 14.9. The molecule has 0 aliphatic carbocycles. The number of hydrogen-bond donors (Lipinski definition) is 2. The molecule has 0 radical (unpaired) electrons. The van der Waals surface area contributed by atoms with Gasteiger partial charge in [0.2, 0.25) is 0 Å². The largest absolute Gasteiger partial charge is 0.310 e. The van der Waals surface area contributed by atoms with Gasteiger partial charge in [-0.05, 0) is 44.1 Å². The van der Waals surface area contributed by atoms with Crippen LogP contribution in [0.15, 0.2) is 42.5 Å². The third-order valence-corrected chi connectivity index (χ3v) is 5.41.